The average Bonchev–Trinajstić information content (AvgIpc) is 1.68. The normalized spacial score (nSPS) is 13.3. The molecule has 40 valence electrons. The topological polar surface area (TPSA) is 0 Å². The zero-order valence-electron chi connectivity index (χ0n) is 3.99. The van der Waals surface area contributed by atoms with Gasteiger partial charge in [0.1, 0.15) is 6.33 Å². The smallest absolute Gasteiger partial charge is 0.101 e. The molecule has 0 rings (SSSR count). The van der Waals surface area contributed by atoms with Gasteiger partial charge in [-0.25, -0.2) is 4.39 Å². The Morgan fingerprint density at radius 2 is 2.29 bits per heavy atom. The van der Waals surface area contributed by atoms with Crippen molar-refractivity contribution in [2.45, 2.75) is 6.92 Å². The van der Waals surface area contributed by atoms with Gasteiger partial charge in [0, 0.05) is 4.48 Å². The van der Waals surface area contributed by atoms with Gasteiger partial charge in [-0.15, -0.1) is 0 Å². The van der Waals surface area contributed by atoms with Crippen LogP contribution < -0.4 is 0 Å². The molecule has 0 N–H and O–H groups in total. The molecule has 0 unspecified atom stereocenters. The maximum absolute atomic E-state index is 11.3. The minimum atomic E-state index is 0.468. The quantitative estimate of drug-likeness (QED) is 0.524. The van der Waals surface area contributed by atoms with E-state index in [-0.39, 0.29) is 0 Å². The van der Waals surface area contributed by atoms with Crippen molar-refractivity contribution in [3.63, 3.8) is 0 Å². The van der Waals surface area contributed by atoms with Gasteiger partial charge >= 0.3 is 0 Å². The Balaban J connectivity index is 3.58. The summed E-state index contributed by atoms with van der Waals surface area (Å²) in [4.78, 5) is 0. The van der Waals surface area contributed by atoms with Crippen LogP contribution in [-0.2, 0) is 0 Å². The van der Waals surface area contributed by atoms with E-state index in [9.17, 15) is 4.39 Å². The largest absolute Gasteiger partial charge is 0.214 e. The second kappa shape index (κ2) is 4.06. The second-order valence-electron chi connectivity index (χ2n) is 0.994. The molecule has 0 aliphatic carbocycles. The number of halogens is 2. The van der Waals surface area contributed by atoms with E-state index in [1.54, 1.807) is 12.2 Å². The molecular formula is C5H6BrF. The Labute approximate surface area is 50.9 Å². The van der Waals surface area contributed by atoms with Crippen LogP contribution >= 0.6 is 15.9 Å². The van der Waals surface area contributed by atoms with Crippen LogP contribution in [0, 0.1) is 0 Å². The molecule has 0 aliphatic rings. The fourth-order valence-corrected chi connectivity index (χ4v) is 0.460. The van der Waals surface area contributed by atoms with Crippen molar-refractivity contribution in [2.24, 2.45) is 0 Å². The maximum Gasteiger partial charge on any atom is 0.101 e. The highest BCUT2D eigenvalue weighted by molar-refractivity contribution is 9.11. The van der Waals surface area contributed by atoms with Gasteiger partial charge in [0.05, 0.1) is 0 Å². The lowest BCUT2D eigenvalue weighted by molar-refractivity contribution is 0.720. The zero-order valence-corrected chi connectivity index (χ0v) is 5.57. The molecule has 0 saturated carbocycles. The van der Waals surface area contributed by atoms with Crippen LogP contribution in [0.15, 0.2) is 23.0 Å². The lowest BCUT2D eigenvalue weighted by atomic mass is 10.5. The summed E-state index contributed by atoms with van der Waals surface area (Å²) in [7, 11) is 0. The second-order valence-corrected chi connectivity index (χ2v) is 1.91. The van der Waals surface area contributed by atoms with Crippen molar-refractivity contribution >= 4 is 15.9 Å². The Morgan fingerprint density at radius 3 is 2.43 bits per heavy atom. The maximum atomic E-state index is 11.3. The summed E-state index contributed by atoms with van der Waals surface area (Å²) in [5.74, 6) is 0. The van der Waals surface area contributed by atoms with Crippen LogP contribution in [0.2, 0.25) is 0 Å². The molecule has 0 nitrogen and oxygen atoms in total. The molecule has 0 heterocycles. The minimum Gasteiger partial charge on any atom is -0.214 e. The summed E-state index contributed by atoms with van der Waals surface area (Å²) < 4.78 is 11.8. The van der Waals surface area contributed by atoms with Gasteiger partial charge in [-0.05, 0) is 28.9 Å². The summed E-state index contributed by atoms with van der Waals surface area (Å²) in [5.41, 5.74) is 0. The van der Waals surface area contributed by atoms with Crippen LogP contribution in [0.3, 0.4) is 0 Å². The predicted molar refractivity (Wildman–Crippen MR) is 32.9 cm³/mol. The lowest BCUT2D eigenvalue weighted by Gasteiger charge is -1.76. The first kappa shape index (κ1) is 6.89. The molecule has 0 spiro atoms. The summed E-state index contributed by atoms with van der Waals surface area (Å²) in [6.07, 6.45) is 3.88. The van der Waals surface area contributed by atoms with E-state index < -0.39 is 0 Å². The van der Waals surface area contributed by atoms with E-state index in [4.69, 9.17) is 0 Å². The molecule has 0 aromatic rings. The van der Waals surface area contributed by atoms with Crippen molar-refractivity contribution in [1.82, 2.24) is 0 Å². The summed E-state index contributed by atoms with van der Waals surface area (Å²) >= 11 is 2.94. The van der Waals surface area contributed by atoms with E-state index in [0.717, 1.165) is 0 Å². The molecule has 0 amide bonds. The minimum absolute atomic E-state index is 0.468. The third-order valence-electron chi connectivity index (χ3n) is 0.430. The van der Waals surface area contributed by atoms with Crippen LogP contribution in [0.1, 0.15) is 6.92 Å². The van der Waals surface area contributed by atoms with Crippen LogP contribution in [0.5, 0.6) is 0 Å². The average molecular weight is 165 g/mol. The molecule has 7 heavy (non-hydrogen) atoms. The molecule has 0 fully saturated rings. The molecule has 0 radical (unpaired) electrons. The molecule has 0 bridgehead atoms. The summed E-state index contributed by atoms with van der Waals surface area (Å²) in [6.45, 7) is 1.82. The Kier molecular flexibility index (Phi) is 4.00. The molecule has 0 atom stereocenters. The van der Waals surface area contributed by atoms with Crippen molar-refractivity contribution < 1.29 is 4.39 Å². The number of hydrogen-bond donors (Lipinski definition) is 0. The van der Waals surface area contributed by atoms with Crippen LogP contribution in [-0.4, -0.2) is 0 Å². The zero-order chi connectivity index (χ0) is 5.70. The summed E-state index contributed by atoms with van der Waals surface area (Å²) in [5, 5.41) is 0. The fraction of sp³-hybridized carbons (Fsp3) is 0.200. The number of allylic oxidation sites excluding steroid dienone is 3. The predicted octanol–water partition coefficient (Wildman–Crippen LogP) is 2.77. The van der Waals surface area contributed by atoms with E-state index in [0.29, 0.717) is 10.8 Å². The highest BCUT2D eigenvalue weighted by Gasteiger charge is 1.75. The lowest BCUT2D eigenvalue weighted by Crippen LogP contribution is -1.52. The number of rotatable bonds is 1. The van der Waals surface area contributed by atoms with E-state index in [2.05, 4.69) is 15.9 Å². The third-order valence-corrected chi connectivity index (χ3v) is 0.867. The Bertz CT molecular complexity index is 94.3. The first-order chi connectivity index (χ1) is 3.31. The first-order valence-electron chi connectivity index (χ1n) is 1.90. The molecule has 0 aliphatic heterocycles. The van der Waals surface area contributed by atoms with Gasteiger partial charge in [0.25, 0.3) is 0 Å². The van der Waals surface area contributed by atoms with Gasteiger partial charge in [-0.1, -0.05) is 6.08 Å². The molecule has 0 saturated heterocycles. The monoisotopic (exact) mass is 164 g/mol. The van der Waals surface area contributed by atoms with Crippen LogP contribution in [0.4, 0.5) is 4.39 Å². The van der Waals surface area contributed by atoms with E-state index in [1.807, 2.05) is 6.92 Å². The molecule has 2 heteroatoms. The third kappa shape index (κ3) is 3.73. The standard InChI is InChI=1S/C5H6BrF/c1-2-3-5(6)4-7/h2-4H,1H3/b3-2-,5-4-. The van der Waals surface area contributed by atoms with Crippen molar-refractivity contribution in [3.05, 3.63) is 23.0 Å². The Morgan fingerprint density at radius 1 is 1.71 bits per heavy atom. The number of hydrogen-bond acceptors (Lipinski definition) is 0. The van der Waals surface area contributed by atoms with Crippen molar-refractivity contribution in [1.29, 1.82) is 0 Å². The molecular weight excluding hydrogens is 159 g/mol. The van der Waals surface area contributed by atoms with Gasteiger partial charge < -0.3 is 0 Å². The molecule has 0 aromatic carbocycles. The van der Waals surface area contributed by atoms with Gasteiger partial charge in [0.15, 0.2) is 0 Å². The van der Waals surface area contributed by atoms with Gasteiger partial charge in [-0.2, -0.15) is 0 Å². The molecule has 0 aromatic heterocycles. The van der Waals surface area contributed by atoms with E-state index >= 15 is 0 Å². The Hall–Kier alpha value is -0.110. The van der Waals surface area contributed by atoms with E-state index in [1.165, 1.54) is 0 Å². The SMILES string of the molecule is C/C=C\C(Br)=C\F. The highest BCUT2D eigenvalue weighted by Crippen LogP contribution is 2.05. The van der Waals surface area contributed by atoms with Crippen LogP contribution in [0.25, 0.3) is 0 Å². The fourth-order valence-electron chi connectivity index (χ4n) is 0.196. The van der Waals surface area contributed by atoms with Gasteiger partial charge in [0.2, 0.25) is 0 Å². The first-order valence-corrected chi connectivity index (χ1v) is 2.69. The van der Waals surface area contributed by atoms with Crippen molar-refractivity contribution in [3.8, 4) is 0 Å². The van der Waals surface area contributed by atoms with Gasteiger partial charge in [-0.3, -0.25) is 0 Å². The summed E-state index contributed by atoms with van der Waals surface area (Å²) in [6, 6.07) is 0. The van der Waals surface area contributed by atoms with Crippen molar-refractivity contribution in [2.75, 3.05) is 0 Å². The highest BCUT2D eigenvalue weighted by atomic mass is 79.9.